The number of nitrogens with one attached hydrogen (secondary N) is 2. The van der Waals surface area contributed by atoms with Gasteiger partial charge in [-0.05, 0) is 70.6 Å². The van der Waals surface area contributed by atoms with Crippen LogP contribution in [0.2, 0.25) is 0 Å². The Labute approximate surface area is 173 Å². The molecule has 0 aliphatic heterocycles. The molecule has 0 saturated carbocycles. The van der Waals surface area contributed by atoms with Gasteiger partial charge in [-0.15, -0.1) is 0 Å². The normalized spacial score (nSPS) is 10.7. The second kappa shape index (κ2) is 7.42. The van der Waals surface area contributed by atoms with Gasteiger partial charge in [-0.25, -0.2) is 0 Å². The summed E-state index contributed by atoms with van der Waals surface area (Å²) < 4.78 is 0. The molecule has 6 heteroatoms. The van der Waals surface area contributed by atoms with Gasteiger partial charge in [0.05, 0.1) is 0 Å². The van der Waals surface area contributed by atoms with Crippen LogP contribution in [-0.2, 0) is 0 Å². The third kappa shape index (κ3) is 3.60. The van der Waals surface area contributed by atoms with Crippen molar-refractivity contribution < 1.29 is 0 Å². The number of hydrogen-bond donors (Lipinski definition) is 4. The summed E-state index contributed by atoms with van der Waals surface area (Å²) in [6.07, 6.45) is 0. The van der Waals surface area contributed by atoms with E-state index in [2.05, 4.69) is 59.2 Å². The number of benzene rings is 4. The molecule has 4 rings (SSSR count). The molecular formula is C22H18N4S2. The third-order valence-corrected chi connectivity index (χ3v) is 4.82. The Morgan fingerprint density at radius 3 is 1.43 bits per heavy atom. The van der Waals surface area contributed by atoms with Gasteiger partial charge >= 0.3 is 0 Å². The lowest BCUT2D eigenvalue weighted by atomic mass is 9.97. The van der Waals surface area contributed by atoms with E-state index < -0.39 is 0 Å². The molecule has 0 aliphatic rings. The zero-order chi connectivity index (χ0) is 19.7. The molecule has 0 saturated heterocycles. The van der Waals surface area contributed by atoms with Crippen LogP contribution < -0.4 is 22.1 Å². The molecule has 0 amide bonds. The molecule has 28 heavy (non-hydrogen) atoms. The summed E-state index contributed by atoms with van der Waals surface area (Å²) in [5, 5.41) is 11.0. The predicted octanol–water partition coefficient (Wildman–Crippen LogP) is 4.97. The molecule has 4 aromatic rings. The summed E-state index contributed by atoms with van der Waals surface area (Å²) in [6.45, 7) is 0. The van der Waals surface area contributed by atoms with Crippen LogP contribution in [0, 0.1) is 0 Å². The fourth-order valence-corrected chi connectivity index (χ4v) is 3.61. The molecule has 0 bridgehead atoms. The van der Waals surface area contributed by atoms with Crippen LogP contribution in [0.1, 0.15) is 0 Å². The molecule has 4 nitrogen and oxygen atoms in total. The van der Waals surface area contributed by atoms with Crippen LogP contribution >= 0.6 is 24.4 Å². The largest absolute Gasteiger partial charge is 0.376 e. The number of nitrogens with two attached hydrogens (primary N) is 2. The second-order valence-corrected chi connectivity index (χ2v) is 7.34. The molecule has 0 aromatic heterocycles. The number of anilines is 2. The van der Waals surface area contributed by atoms with Crippen LogP contribution in [0.5, 0.6) is 0 Å². The highest BCUT2D eigenvalue weighted by molar-refractivity contribution is 7.80. The standard InChI is InChI=1S/C22H18N4S2/c23-21(27)25-19-5-1-3-13-7-9-15(11-17(13)19)16-10-8-14-4-2-6-20(18(14)12-16)26-22(24)28/h1-12H,(H3,23,25,27)(H3,24,26,28). The van der Waals surface area contributed by atoms with E-state index in [1.165, 1.54) is 0 Å². The Balaban J connectivity index is 1.86. The molecule has 0 fully saturated rings. The topological polar surface area (TPSA) is 76.1 Å². The van der Waals surface area contributed by atoms with Crippen LogP contribution in [0.3, 0.4) is 0 Å². The smallest absolute Gasteiger partial charge is 0.168 e. The van der Waals surface area contributed by atoms with Crippen molar-refractivity contribution in [1.82, 2.24) is 0 Å². The lowest BCUT2D eigenvalue weighted by molar-refractivity contribution is 1.62. The van der Waals surface area contributed by atoms with Crippen molar-refractivity contribution in [3.05, 3.63) is 72.8 Å². The Morgan fingerprint density at radius 2 is 1.04 bits per heavy atom. The third-order valence-electron chi connectivity index (χ3n) is 4.61. The highest BCUT2D eigenvalue weighted by atomic mass is 32.1. The fraction of sp³-hybridized carbons (Fsp3) is 0. The van der Waals surface area contributed by atoms with Crippen molar-refractivity contribution in [3.8, 4) is 11.1 Å². The van der Waals surface area contributed by atoms with Crippen LogP contribution in [0.4, 0.5) is 11.4 Å². The van der Waals surface area contributed by atoms with E-state index in [1.54, 1.807) is 0 Å². The minimum atomic E-state index is 0.247. The zero-order valence-corrected chi connectivity index (χ0v) is 16.5. The van der Waals surface area contributed by atoms with Gasteiger partial charge in [-0.3, -0.25) is 0 Å². The van der Waals surface area contributed by atoms with E-state index in [4.69, 9.17) is 35.9 Å². The Hall–Kier alpha value is -3.22. The van der Waals surface area contributed by atoms with Gasteiger partial charge < -0.3 is 22.1 Å². The van der Waals surface area contributed by atoms with Crippen molar-refractivity contribution >= 4 is 67.6 Å². The van der Waals surface area contributed by atoms with E-state index in [-0.39, 0.29) is 10.2 Å². The number of fused-ring (bicyclic) bond motifs is 2. The molecule has 6 N–H and O–H groups in total. The average Bonchev–Trinajstić information content (AvgIpc) is 2.67. The lowest BCUT2D eigenvalue weighted by Crippen LogP contribution is -2.19. The van der Waals surface area contributed by atoms with E-state index in [0.29, 0.717) is 0 Å². The minimum Gasteiger partial charge on any atom is -0.376 e. The summed E-state index contributed by atoms with van der Waals surface area (Å²) in [5.74, 6) is 0. The molecular weight excluding hydrogens is 384 g/mol. The molecule has 0 radical (unpaired) electrons. The van der Waals surface area contributed by atoms with Gasteiger partial charge in [0.1, 0.15) is 0 Å². The molecule has 0 atom stereocenters. The summed E-state index contributed by atoms with van der Waals surface area (Å²) in [7, 11) is 0. The summed E-state index contributed by atoms with van der Waals surface area (Å²) >= 11 is 10.0. The van der Waals surface area contributed by atoms with Crippen LogP contribution in [0.25, 0.3) is 32.7 Å². The monoisotopic (exact) mass is 402 g/mol. The first-order chi connectivity index (χ1) is 13.5. The highest BCUT2D eigenvalue weighted by Gasteiger charge is 2.07. The molecule has 0 aliphatic carbocycles. The fourth-order valence-electron chi connectivity index (χ4n) is 3.39. The van der Waals surface area contributed by atoms with E-state index in [0.717, 1.165) is 44.0 Å². The quantitative estimate of drug-likeness (QED) is 0.363. The molecule has 138 valence electrons. The van der Waals surface area contributed by atoms with E-state index in [1.807, 2.05) is 24.3 Å². The Kier molecular flexibility index (Phi) is 4.81. The first kappa shape index (κ1) is 18.2. The molecule has 4 aromatic carbocycles. The highest BCUT2D eigenvalue weighted by Crippen LogP contribution is 2.32. The SMILES string of the molecule is NC(=S)Nc1cccc2ccc(-c3ccc4cccc(NC(N)=S)c4c3)cc12. The summed E-state index contributed by atoms with van der Waals surface area (Å²) in [5.41, 5.74) is 15.3. The van der Waals surface area contributed by atoms with Gasteiger partial charge in [-0.1, -0.05) is 48.5 Å². The average molecular weight is 403 g/mol. The molecule has 0 spiro atoms. The van der Waals surface area contributed by atoms with Crippen molar-refractivity contribution in [1.29, 1.82) is 0 Å². The number of rotatable bonds is 3. The lowest BCUT2D eigenvalue weighted by Gasteiger charge is -2.12. The van der Waals surface area contributed by atoms with Gasteiger partial charge in [-0.2, -0.15) is 0 Å². The van der Waals surface area contributed by atoms with Crippen molar-refractivity contribution in [2.75, 3.05) is 10.6 Å². The maximum atomic E-state index is 5.68. The second-order valence-electron chi connectivity index (χ2n) is 6.46. The Bertz CT molecular complexity index is 1140. The van der Waals surface area contributed by atoms with E-state index in [9.17, 15) is 0 Å². The minimum absolute atomic E-state index is 0.247. The number of thiocarbonyl (C=S) groups is 2. The predicted molar refractivity (Wildman–Crippen MR) is 128 cm³/mol. The summed E-state index contributed by atoms with van der Waals surface area (Å²) in [6, 6.07) is 24.7. The van der Waals surface area contributed by atoms with Gasteiger partial charge in [0.2, 0.25) is 0 Å². The van der Waals surface area contributed by atoms with Crippen molar-refractivity contribution in [3.63, 3.8) is 0 Å². The summed E-state index contributed by atoms with van der Waals surface area (Å²) in [4.78, 5) is 0. The Morgan fingerprint density at radius 1 is 0.607 bits per heavy atom. The zero-order valence-electron chi connectivity index (χ0n) is 14.9. The maximum absolute atomic E-state index is 5.68. The molecule has 0 heterocycles. The first-order valence-corrected chi connectivity index (χ1v) is 9.52. The van der Waals surface area contributed by atoms with Gasteiger partial charge in [0.15, 0.2) is 10.2 Å². The van der Waals surface area contributed by atoms with E-state index >= 15 is 0 Å². The molecule has 0 unspecified atom stereocenters. The van der Waals surface area contributed by atoms with Gasteiger partial charge in [0.25, 0.3) is 0 Å². The van der Waals surface area contributed by atoms with Crippen LogP contribution in [-0.4, -0.2) is 10.2 Å². The van der Waals surface area contributed by atoms with Crippen molar-refractivity contribution in [2.45, 2.75) is 0 Å². The van der Waals surface area contributed by atoms with Gasteiger partial charge in [0, 0.05) is 22.1 Å². The van der Waals surface area contributed by atoms with Crippen molar-refractivity contribution in [2.24, 2.45) is 11.5 Å². The number of hydrogen-bond acceptors (Lipinski definition) is 2. The first-order valence-electron chi connectivity index (χ1n) is 8.70. The van der Waals surface area contributed by atoms with Crippen LogP contribution in [0.15, 0.2) is 72.8 Å². The maximum Gasteiger partial charge on any atom is 0.168 e.